The molecule has 0 aliphatic rings. The smallest absolute Gasteiger partial charge is 0.274 e. The molecule has 34 heavy (non-hydrogen) atoms. The molecule has 11 nitrogen and oxygen atoms in total. The molecule has 0 radical (unpaired) electrons. The van der Waals surface area contributed by atoms with Gasteiger partial charge in [-0.1, -0.05) is 26.2 Å². The van der Waals surface area contributed by atoms with Crippen LogP contribution >= 0.6 is 0 Å². The Bertz CT molecular complexity index is 786. The van der Waals surface area contributed by atoms with Crippen molar-refractivity contribution in [2.24, 2.45) is 0 Å². The van der Waals surface area contributed by atoms with Crippen molar-refractivity contribution in [2.45, 2.75) is 70.2 Å². The molecule has 1 aromatic rings. The van der Waals surface area contributed by atoms with Gasteiger partial charge in [0.25, 0.3) is 5.91 Å². The lowest BCUT2D eigenvalue weighted by atomic mass is 9.96. The van der Waals surface area contributed by atoms with Crippen molar-refractivity contribution in [3.05, 3.63) is 24.3 Å². The number of amides is 3. The monoisotopic (exact) mass is 482 g/mol. The second-order valence-electron chi connectivity index (χ2n) is 8.34. The number of aliphatic hydroxyl groups excluding tert-OH is 1. The Morgan fingerprint density at radius 2 is 1.68 bits per heavy atom. The fourth-order valence-electron chi connectivity index (χ4n) is 3.10. The van der Waals surface area contributed by atoms with Crippen molar-refractivity contribution in [3.8, 4) is 5.75 Å². The van der Waals surface area contributed by atoms with Crippen LogP contribution < -0.4 is 26.2 Å². The molecule has 1 aromatic carbocycles. The topological polar surface area (TPSA) is 158 Å². The molecule has 1 rings (SSSR count). The molecule has 0 aliphatic carbocycles. The summed E-state index contributed by atoms with van der Waals surface area (Å²) in [6.07, 6.45) is 2.37. The Morgan fingerprint density at radius 1 is 1.03 bits per heavy atom. The molecule has 0 saturated carbocycles. The minimum absolute atomic E-state index is 0.408. The summed E-state index contributed by atoms with van der Waals surface area (Å²) in [7, 11) is 2.80. The number of likely N-dealkylation sites (N-methyl/N-ethyl adjacent to an activating group) is 1. The average molecular weight is 483 g/mol. The number of methoxy groups -OCH3 is 1. The number of anilines is 1. The Labute approximate surface area is 200 Å². The van der Waals surface area contributed by atoms with E-state index in [0.29, 0.717) is 18.0 Å². The molecule has 0 aliphatic heterocycles. The van der Waals surface area contributed by atoms with E-state index in [2.05, 4.69) is 22.9 Å². The van der Waals surface area contributed by atoms with Crippen LogP contribution in [0.25, 0.3) is 0 Å². The van der Waals surface area contributed by atoms with Crippen molar-refractivity contribution >= 4 is 23.4 Å². The van der Waals surface area contributed by atoms with Gasteiger partial charge in [-0.3, -0.25) is 19.6 Å². The van der Waals surface area contributed by atoms with Gasteiger partial charge in [0.05, 0.1) is 12.2 Å². The highest BCUT2D eigenvalue weighted by Gasteiger charge is 2.40. The Balaban J connectivity index is 3.00. The second-order valence-corrected chi connectivity index (χ2v) is 8.34. The largest absolute Gasteiger partial charge is 0.494 e. The summed E-state index contributed by atoms with van der Waals surface area (Å²) in [5, 5.41) is 27.0. The van der Waals surface area contributed by atoms with E-state index in [0.717, 1.165) is 25.7 Å². The van der Waals surface area contributed by atoms with E-state index in [1.807, 2.05) is 0 Å². The van der Waals surface area contributed by atoms with Crippen molar-refractivity contribution in [1.29, 1.82) is 0 Å². The van der Waals surface area contributed by atoms with E-state index in [9.17, 15) is 19.5 Å². The van der Waals surface area contributed by atoms with E-state index >= 15 is 0 Å². The molecule has 11 heteroatoms. The molecule has 3 unspecified atom stereocenters. The van der Waals surface area contributed by atoms with Gasteiger partial charge in [-0.2, -0.15) is 0 Å². The Hall–Kier alpha value is -2.89. The van der Waals surface area contributed by atoms with Crippen LogP contribution in [0.5, 0.6) is 5.75 Å². The quantitative estimate of drug-likeness (QED) is 0.122. The van der Waals surface area contributed by atoms with Gasteiger partial charge in [0.2, 0.25) is 11.8 Å². The fourth-order valence-corrected chi connectivity index (χ4v) is 3.10. The zero-order valence-corrected chi connectivity index (χ0v) is 20.5. The minimum atomic E-state index is -1.96. The first-order valence-electron chi connectivity index (χ1n) is 11.3. The van der Waals surface area contributed by atoms with Crippen LogP contribution in [0.1, 0.15) is 46.5 Å². The third kappa shape index (κ3) is 8.81. The lowest BCUT2D eigenvalue weighted by molar-refractivity contribution is -0.144. The van der Waals surface area contributed by atoms with Crippen molar-refractivity contribution in [3.63, 3.8) is 0 Å². The standard InChI is InChI=1S/C23H38N4O7/c1-6-7-8-9-14-34-16-12-10-15(11-13-16)25-17(18(28)21(30)27-32)20(29)26-19(22(31)24-4)23(2,3)33-5/h10-13,17-19,25,28,32H,6-9,14H2,1-5H3,(H,24,31)(H,26,29)(H,27,30). The highest BCUT2D eigenvalue weighted by molar-refractivity contribution is 5.96. The summed E-state index contributed by atoms with van der Waals surface area (Å²) in [6.45, 7) is 5.93. The molecule has 0 fully saturated rings. The number of benzene rings is 1. The van der Waals surface area contributed by atoms with E-state index in [1.54, 1.807) is 38.1 Å². The number of carbonyl (C=O) groups excluding carboxylic acids is 3. The maximum Gasteiger partial charge on any atom is 0.274 e. The van der Waals surface area contributed by atoms with Gasteiger partial charge in [-0.25, -0.2) is 5.48 Å². The van der Waals surface area contributed by atoms with Crippen LogP contribution in [0, 0.1) is 0 Å². The zero-order chi connectivity index (χ0) is 25.7. The number of hydrogen-bond donors (Lipinski definition) is 6. The lowest BCUT2D eigenvalue weighted by Gasteiger charge is -2.34. The molecular weight excluding hydrogens is 444 g/mol. The molecule has 3 amide bonds. The number of aliphatic hydroxyl groups is 1. The first-order valence-corrected chi connectivity index (χ1v) is 11.3. The average Bonchev–Trinajstić information content (AvgIpc) is 2.84. The first-order chi connectivity index (χ1) is 16.1. The lowest BCUT2D eigenvalue weighted by Crippen LogP contribution is -2.62. The summed E-state index contributed by atoms with van der Waals surface area (Å²) in [4.78, 5) is 37.3. The molecule has 0 aromatic heterocycles. The van der Waals surface area contributed by atoms with Gasteiger partial charge in [0, 0.05) is 19.8 Å². The minimum Gasteiger partial charge on any atom is -0.494 e. The van der Waals surface area contributed by atoms with Crippen LogP contribution in [0.3, 0.4) is 0 Å². The fraction of sp³-hybridized carbons (Fsp3) is 0.609. The van der Waals surface area contributed by atoms with Crippen molar-refractivity contribution in [1.82, 2.24) is 16.1 Å². The number of hydrogen-bond acceptors (Lipinski definition) is 8. The van der Waals surface area contributed by atoms with Crippen LogP contribution in [0.4, 0.5) is 5.69 Å². The van der Waals surface area contributed by atoms with Crippen molar-refractivity contribution in [2.75, 3.05) is 26.1 Å². The predicted octanol–water partition coefficient (Wildman–Crippen LogP) is 0.948. The zero-order valence-electron chi connectivity index (χ0n) is 20.5. The van der Waals surface area contributed by atoms with E-state index in [1.165, 1.54) is 19.6 Å². The van der Waals surface area contributed by atoms with E-state index < -0.39 is 41.5 Å². The molecule has 0 saturated heterocycles. The molecule has 3 atom stereocenters. The maximum atomic E-state index is 13.0. The number of hydroxylamine groups is 1. The molecule has 0 heterocycles. The van der Waals surface area contributed by atoms with Crippen LogP contribution in [-0.2, 0) is 19.1 Å². The van der Waals surface area contributed by atoms with Crippen molar-refractivity contribution < 1.29 is 34.2 Å². The third-order valence-corrected chi connectivity index (χ3v) is 5.44. The van der Waals surface area contributed by atoms with E-state index in [4.69, 9.17) is 14.7 Å². The Morgan fingerprint density at radius 3 is 2.21 bits per heavy atom. The number of rotatable bonds is 15. The van der Waals surface area contributed by atoms with Gasteiger partial charge < -0.3 is 30.5 Å². The Kier molecular flexibility index (Phi) is 12.3. The summed E-state index contributed by atoms with van der Waals surface area (Å²) >= 11 is 0. The number of carbonyl (C=O) groups is 3. The SMILES string of the molecule is CCCCCCOc1ccc(NC(C(=O)NC(C(=O)NC)C(C)(C)OC)C(O)C(=O)NO)cc1. The maximum absolute atomic E-state index is 13.0. The predicted molar refractivity (Wildman–Crippen MR) is 127 cm³/mol. The number of nitrogens with one attached hydrogen (secondary N) is 4. The van der Waals surface area contributed by atoms with Gasteiger partial charge >= 0.3 is 0 Å². The number of unbranched alkanes of at least 4 members (excludes halogenated alkanes) is 3. The molecule has 0 spiro atoms. The van der Waals surface area contributed by atoms with Crippen LogP contribution in [-0.4, -0.2) is 72.6 Å². The van der Waals surface area contributed by atoms with E-state index in [-0.39, 0.29) is 0 Å². The molecular formula is C23H38N4O7. The van der Waals surface area contributed by atoms with Gasteiger partial charge in [-0.15, -0.1) is 0 Å². The summed E-state index contributed by atoms with van der Waals surface area (Å²) < 4.78 is 11.0. The highest BCUT2D eigenvalue weighted by atomic mass is 16.5. The highest BCUT2D eigenvalue weighted by Crippen LogP contribution is 2.19. The van der Waals surface area contributed by atoms with Gasteiger partial charge in [0.15, 0.2) is 6.10 Å². The second kappa shape index (κ2) is 14.4. The summed E-state index contributed by atoms with van der Waals surface area (Å²) in [5.41, 5.74) is 0.640. The van der Waals surface area contributed by atoms with Gasteiger partial charge in [0.1, 0.15) is 17.8 Å². The summed E-state index contributed by atoms with van der Waals surface area (Å²) in [6, 6.07) is 3.97. The molecule has 192 valence electrons. The number of ether oxygens (including phenoxy) is 2. The normalized spacial score (nSPS) is 13.9. The molecule has 6 N–H and O–H groups in total. The first kappa shape index (κ1) is 29.1. The summed E-state index contributed by atoms with van der Waals surface area (Å²) in [5.74, 6) is -1.94. The molecule has 0 bridgehead atoms. The van der Waals surface area contributed by atoms with Crippen LogP contribution in [0.2, 0.25) is 0 Å². The third-order valence-electron chi connectivity index (χ3n) is 5.44. The van der Waals surface area contributed by atoms with Gasteiger partial charge in [-0.05, 0) is 44.5 Å². The van der Waals surface area contributed by atoms with Crippen LogP contribution in [0.15, 0.2) is 24.3 Å².